The molecule has 0 bridgehead atoms. The molecular weight excluding hydrogens is 156 g/mol. The van der Waals surface area contributed by atoms with Gasteiger partial charge in [-0.05, 0) is 12.3 Å². The molecule has 0 aliphatic heterocycles. The van der Waals surface area contributed by atoms with Gasteiger partial charge in [-0.15, -0.1) is 0 Å². The number of hydrogen-bond donors (Lipinski definition) is 2. The largest absolute Gasteiger partial charge is 0.363 e. The fourth-order valence-electron chi connectivity index (χ4n) is 1.38. The molecule has 0 heterocycles. The van der Waals surface area contributed by atoms with E-state index in [2.05, 4.69) is 0 Å². The molecule has 0 aromatic rings. The van der Waals surface area contributed by atoms with Crippen LogP contribution in [0.1, 0.15) is 25.7 Å². The molecule has 0 spiro atoms. The third kappa shape index (κ3) is 2.04. The zero-order chi connectivity index (χ0) is 9.14. The van der Waals surface area contributed by atoms with E-state index in [0.717, 1.165) is 12.8 Å². The topological polar surface area (TPSA) is 86.2 Å². The van der Waals surface area contributed by atoms with Crippen molar-refractivity contribution < 1.29 is 9.59 Å². The van der Waals surface area contributed by atoms with Crippen LogP contribution in [-0.2, 0) is 9.59 Å². The molecule has 0 unspecified atom stereocenters. The number of carbonyl (C=O) groups is 2. The number of nitrogens with two attached hydrogens (primary N) is 2. The summed E-state index contributed by atoms with van der Waals surface area (Å²) in [5.41, 5.74) is 10.3. The Labute approximate surface area is 71.3 Å². The highest BCUT2D eigenvalue weighted by atomic mass is 16.2. The summed E-state index contributed by atoms with van der Waals surface area (Å²) in [6.07, 6.45) is 4.07. The van der Waals surface area contributed by atoms with Gasteiger partial charge in [-0.25, -0.2) is 0 Å². The zero-order valence-electron chi connectivity index (χ0n) is 6.95. The summed E-state index contributed by atoms with van der Waals surface area (Å²) in [5.74, 6) is -1.02. The fraction of sp³-hybridized carbons (Fsp3) is 0.750. The van der Waals surface area contributed by atoms with Crippen molar-refractivity contribution in [3.05, 3.63) is 0 Å². The molecular formula is C8H14N2O2. The lowest BCUT2D eigenvalue weighted by molar-refractivity contribution is -0.137. The monoisotopic (exact) mass is 170 g/mol. The summed E-state index contributed by atoms with van der Waals surface area (Å²) in [6.45, 7) is 0. The van der Waals surface area contributed by atoms with Crippen LogP contribution in [0.5, 0.6) is 0 Å². The summed E-state index contributed by atoms with van der Waals surface area (Å²) in [4.78, 5) is 21.3. The van der Waals surface area contributed by atoms with E-state index in [0.29, 0.717) is 12.3 Å². The van der Waals surface area contributed by atoms with E-state index in [9.17, 15) is 9.59 Å². The molecule has 68 valence electrons. The fourth-order valence-corrected chi connectivity index (χ4v) is 1.38. The first kappa shape index (κ1) is 9.19. The summed E-state index contributed by atoms with van der Waals surface area (Å²) in [6, 6.07) is -0.673. The molecule has 0 saturated heterocycles. The molecule has 1 saturated carbocycles. The smallest absolute Gasteiger partial charge is 0.286 e. The number of ketones is 1. The van der Waals surface area contributed by atoms with E-state index < -0.39 is 17.7 Å². The number of amides is 1. The summed E-state index contributed by atoms with van der Waals surface area (Å²) < 4.78 is 0. The second kappa shape index (κ2) is 3.67. The van der Waals surface area contributed by atoms with Crippen LogP contribution in [0.25, 0.3) is 0 Å². The van der Waals surface area contributed by atoms with Crippen molar-refractivity contribution in [2.45, 2.75) is 31.7 Å². The number of rotatable bonds is 4. The quantitative estimate of drug-likeness (QED) is 0.561. The van der Waals surface area contributed by atoms with Gasteiger partial charge in [0.05, 0.1) is 6.04 Å². The van der Waals surface area contributed by atoms with Gasteiger partial charge in [0, 0.05) is 0 Å². The predicted octanol–water partition coefficient (Wildman–Crippen LogP) is -0.442. The van der Waals surface area contributed by atoms with E-state index in [-0.39, 0.29) is 0 Å². The van der Waals surface area contributed by atoms with Gasteiger partial charge in [-0.2, -0.15) is 0 Å². The van der Waals surface area contributed by atoms with Crippen molar-refractivity contribution in [3.63, 3.8) is 0 Å². The maximum Gasteiger partial charge on any atom is 0.286 e. The standard InChI is InChI=1S/C8H14N2O2/c9-6(7(11)8(10)12)4-5-2-1-3-5/h5-6H,1-4,9H2,(H2,10,12)/t6-/m1/s1. The van der Waals surface area contributed by atoms with Crippen LogP contribution in [0, 0.1) is 5.92 Å². The molecule has 1 aliphatic rings. The lowest BCUT2D eigenvalue weighted by Crippen LogP contribution is -2.41. The second-order valence-corrected chi connectivity index (χ2v) is 3.37. The molecule has 4 N–H and O–H groups in total. The Balaban J connectivity index is 2.31. The number of carbonyl (C=O) groups excluding carboxylic acids is 2. The summed E-state index contributed by atoms with van der Waals surface area (Å²) in [5, 5.41) is 0. The first-order valence-electron chi connectivity index (χ1n) is 4.20. The van der Waals surface area contributed by atoms with Crippen LogP contribution < -0.4 is 11.5 Å². The Morgan fingerprint density at radius 3 is 2.33 bits per heavy atom. The third-order valence-corrected chi connectivity index (χ3v) is 2.39. The Kier molecular flexibility index (Phi) is 2.81. The predicted molar refractivity (Wildman–Crippen MR) is 44.1 cm³/mol. The van der Waals surface area contributed by atoms with Crippen molar-refractivity contribution in [1.29, 1.82) is 0 Å². The zero-order valence-corrected chi connectivity index (χ0v) is 6.95. The van der Waals surface area contributed by atoms with Crippen molar-refractivity contribution in [1.82, 2.24) is 0 Å². The van der Waals surface area contributed by atoms with E-state index in [1.54, 1.807) is 0 Å². The average Bonchev–Trinajstić information content (AvgIpc) is 1.94. The van der Waals surface area contributed by atoms with Gasteiger partial charge in [-0.1, -0.05) is 19.3 Å². The maximum absolute atomic E-state index is 10.9. The molecule has 1 atom stereocenters. The van der Waals surface area contributed by atoms with Gasteiger partial charge in [0.15, 0.2) is 0 Å². The Morgan fingerprint density at radius 1 is 1.42 bits per heavy atom. The van der Waals surface area contributed by atoms with Crippen molar-refractivity contribution in [2.24, 2.45) is 17.4 Å². The molecule has 1 amide bonds. The molecule has 1 rings (SSSR count). The van der Waals surface area contributed by atoms with E-state index >= 15 is 0 Å². The van der Waals surface area contributed by atoms with Gasteiger partial charge in [-0.3, -0.25) is 9.59 Å². The van der Waals surface area contributed by atoms with Crippen LogP contribution in [0.15, 0.2) is 0 Å². The van der Waals surface area contributed by atoms with Crippen LogP contribution in [0.4, 0.5) is 0 Å². The molecule has 1 fully saturated rings. The van der Waals surface area contributed by atoms with Gasteiger partial charge in [0.2, 0.25) is 5.78 Å². The van der Waals surface area contributed by atoms with Gasteiger partial charge < -0.3 is 11.5 Å². The number of hydrogen-bond acceptors (Lipinski definition) is 3. The minimum Gasteiger partial charge on any atom is -0.363 e. The number of primary amides is 1. The van der Waals surface area contributed by atoms with Gasteiger partial charge in [0.25, 0.3) is 5.91 Å². The molecule has 4 nitrogen and oxygen atoms in total. The lowest BCUT2D eigenvalue weighted by atomic mass is 9.80. The van der Waals surface area contributed by atoms with Crippen molar-refractivity contribution in [2.75, 3.05) is 0 Å². The van der Waals surface area contributed by atoms with Crippen molar-refractivity contribution >= 4 is 11.7 Å². The Bertz CT molecular complexity index is 199. The second-order valence-electron chi connectivity index (χ2n) is 3.37. The average molecular weight is 170 g/mol. The molecule has 0 radical (unpaired) electrons. The SMILES string of the molecule is NC(=O)C(=O)[C@H](N)CC1CCC1. The molecule has 0 aromatic heterocycles. The van der Waals surface area contributed by atoms with Crippen LogP contribution in [0.3, 0.4) is 0 Å². The third-order valence-electron chi connectivity index (χ3n) is 2.39. The van der Waals surface area contributed by atoms with Gasteiger partial charge >= 0.3 is 0 Å². The Morgan fingerprint density at radius 2 is 2.00 bits per heavy atom. The maximum atomic E-state index is 10.9. The first-order valence-corrected chi connectivity index (χ1v) is 4.20. The van der Waals surface area contributed by atoms with Crippen molar-refractivity contribution in [3.8, 4) is 0 Å². The minimum absolute atomic E-state index is 0.531. The van der Waals surface area contributed by atoms with Crippen LogP contribution in [0.2, 0.25) is 0 Å². The molecule has 4 heteroatoms. The van der Waals surface area contributed by atoms with Crippen LogP contribution >= 0.6 is 0 Å². The highest BCUT2D eigenvalue weighted by Gasteiger charge is 2.26. The minimum atomic E-state index is -0.915. The molecule has 1 aliphatic carbocycles. The van der Waals surface area contributed by atoms with Gasteiger partial charge in [0.1, 0.15) is 0 Å². The highest BCUT2D eigenvalue weighted by molar-refractivity contribution is 6.37. The van der Waals surface area contributed by atoms with E-state index in [4.69, 9.17) is 11.5 Å². The van der Waals surface area contributed by atoms with E-state index in [1.807, 2.05) is 0 Å². The highest BCUT2D eigenvalue weighted by Crippen LogP contribution is 2.30. The van der Waals surface area contributed by atoms with E-state index in [1.165, 1.54) is 6.42 Å². The summed E-state index contributed by atoms with van der Waals surface area (Å²) >= 11 is 0. The normalized spacial score (nSPS) is 19.8. The van der Waals surface area contributed by atoms with Crippen LogP contribution in [-0.4, -0.2) is 17.7 Å². The molecule has 0 aromatic carbocycles. The molecule has 12 heavy (non-hydrogen) atoms. The number of Topliss-reactive ketones (excluding diaryl/α,β-unsaturated/α-hetero) is 1. The Hall–Kier alpha value is -0.900. The lowest BCUT2D eigenvalue weighted by Gasteiger charge is -2.26. The summed E-state index contributed by atoms with van der Waals surface area (Å²) in [7, 11) is 0. The first-order chi connectivity index (χ1) is 5.61.